The number of anilines is 2. The first-order chi connectivity index (χ1) is 13.6. The van der Waals surface area contributed by atoms with Gasteiger partial charge in [-0.15, -0.1) is 0 Å². The van der Waals surface area contributed by atoms with Crippen LogP contribution in [0.3, 0.4) is 0 Å². The van der Waals surface area contributed by atoms with Crippen LogP contribution in [0.1, 0.15) is 18.4 Å². The lowest BCUT2D eigenvalue weighted by Gasteiger charge is -2.36. The summed E-state index contributed by atoms with van der Waals surface area (Å²) in [5.74, 6) is -0.197. The monoisotopic (exact) mass is 445 g/mol. The molecule has 2 aromatic carbocycles. The number of aliphatic hydroxyl groups is 1. The summed E-state index contributed by atoms with van der Waals surface area (Å²) in [7, 11) is 0. The summed E-state index contributed by atoms with van der Waals surface area (Å²) >= 11 is 3.34. The van der Waals surface area contributed by atoms with Crippen molar-refractivity contribution < 1.29 is 14.7 Å². The van der Waals surface area contributed by atoms with Gasteiger partial charge in [0.25, 0.3) is 0 Å². The molecule has 0 spiro atoms. The van der Waals surface area contributed by atoms with Crippen LogP contribution in [0.15, 0.2) is 53.0 Å². The predicted octanol–water partition coefficient (Wildman–Crippen LogP) is 3.01. The van der Waals surface area contributed by atoms with Crippen molar-refractivity contribution in [3.63, 3.8) is 0 Å². The topological polar surface area (TPSA) is 72.9 Å². The number of halogens is 1. The lowest BCUT2D eigenvalue weighted by molar-refractivity contribution is -0.133. The number of carbonyl (C=O) groups excluding carboxylic acids is 2. The zero-order valence-corrected chi connectivity index (χ0v) is 17.2. The van der Waals surface area contributed by atoms with E-state index in [9.17, 15) is 14.7 Å². The Morgan fingerprint density at radius 2 is 1.71 bits per heavy atom. The fraction of sp³-hybridized carbons (Fsp3) is 0.333. The first-order valence-corrected chi connectivity index (χ1v) is 10.1. The molecule has 1 fully saturated rings. The van der Waals surface area contributed by atoms with Gasteiger partial charge in [-0.25, -0.2) is 0 Å². The molecule has 0 bridgehead atoms. The summed E-state index contributed by atoms with van der Waals surface area (Å²) < 4.78 is 0.790. The molecule has 0 saturated carbocycles. The minimum atomic E-state index is -0.206. The third-order valence-corrected chi connectivity index (χ3v) is 5.59. The van der Waals surface area contributed by atoms with Crippen LogP contribution in [-0.4, -0.2) is 48.0 Å². The molecule has 2 amide bonds. The third-order valence-electron chi connectivity index (χ3n) is 4.82. The number of hydrogen-bond acceptors (Lipinski definition) is 4. The highest BCUT2D eigenvalue weighted by molar-refractivity contribution is 9.10. The van der Waals surface area contributed by atoms with Gasteiger partial charge in [0.1, 0.15) is 0 Å². The Hall–Kier alpha value is -2.38. The number of carbonyl (C=O) groups is 2. The van der Waals surface area contributed by atoms with Gasteiger partial charge in [0.2, 0.25) is 11.8 Å². The van der Waals surface area contributed by atoms with Gasteiger partial charge < -0.3 is 20.2 Å². The molecular formula is C21H24BrN3O3. The Labute approximate surface area is 173 Å². The van der Waals surface area contributed by atoms with Crippen LogP contribution in [0.5, 0.6) is 0 Å². The molecule has 148 valence electrons. The van der Waals surface area contributed by atoms with Crippen molar-refractivity contribution in [3.8, 4) is 0 Å². The fourth-order valence-corrected chi connectivity index (χ4v) is 3.60. The van der Waals surface area contributed by atoms with Crippen molar-refractivity contribution in [1.29, 1.82) is 0 Å². The van der Waals surface area contributed by atoms with E-state index in [0.717, 1.165) is 17.6 Å². The lowest BCUT2D eigenvalue weighted by atomic mass is 10.2. The Morgan fingerprint density at radius 1 is 1.00 bits per heavy atom. The zero-order chi connectivity index (χ0) is 19.9. The van der Waals surface area contributed by atoms with Crippen LogP contribution in [0.25, 0.3) is 0 Å². The molecule has 1 aliphatic rings. The van der Waals surface area contributed by atoms with Crippen molar-refractivity contribution in [2.45, 2.75) is 19.4 Å². The molecule has 0 atom stereocenters. The van der Waals surface area contributed by atoms with E-state index >= 15 is 0 Å². The van der Waals surface area contributed by atoms with Crippen LogP contribution >= 0.6 is 15.9 Å². The molecular weight excluding hydrogens is 422 g/mol. The summed E-state index contributed by atoms with van der Waals surface area (Å²) in [5, 5.41) is 12.1. The number of nitrogens with zero attached hydrogens (tertiary/aromatic N) is 2. The van der Waals surface area contributed by atoms with Crippen molar-refractivity contribution in [2.24, 2.45) is 0 Å². The second-order valence-electron chi connectivity index (χ2n) is 6.72. The average Bonchev–Trinajstić information content (AvgIpc) is 2.74. The summed E-state index contributed by atoms with van der Waals surface area (Å²) in [6, 6.07) is 15.4. The minimum Gasteiger partial charge on any atom is -0.392 e. The molecule has 3 rings (SSSR count). The predicted molar refractivity (Wildman–Crippen MR) is 113 cm³/mol. The van der Waals surface area contributed by atoms with E-state index in [-0.39, 0.29) is 31.3 Å². The Balaban J connectivity index is 1.43. The van der Waals surface area contributed by atoms with E-state index in [1.54, 1.807) is 18.2 Å². The molecule has 1 aliphatic heterocycles. The number of hydrogen-bond donors (Lipinski definition) is 2. The van der Waals surface area contributed by atoms with Crippen molar-refractivity contribution in [2.75, 3.05) is 36.4 Å². The molecule has 0 aromatic heterocycles. The number of rotatable bonds is 6. The van der Waals surface area contributed by atoms with Gasteiger partial charge in [0.15, 0.2) is 0 Å². The van der Waals surface area contributed by atoms with E-state index in [2.05, 4.69) is 38.3 Å². The van der Waals surface area contributed by atoms with E-state index in [1.807, 2.05) is 23.1 Å². The normalized spacial score (nSPS) is 14.1. The van der Waals surface area contributed by atoms with Crippen LogP contribution in [0.2, 0.25) is 0 Å². The van der Waals surface area contributed by atoms with Gasteiger partial charge in [-0.1, -0.05) is 34.1 Å². The molecule has 0 radical (unpaired) electrons. The van der Waals surface area contributed by atoms with Crippen molar-refractivity contribution in [1.82, 2.24) is 4.90 Å². The first-order valence-electron chi connectivity index (χ1n) is 9.33. The molecule has 6 nitrogen and oxygen atoms in total. The number of nitrogens with one attached hydrogen (secondary N) is 1. The van der Waals surface area contributed by atoms with Gasteiger partial charge in [-0.3, -0.25) is 9.59 Å². The molecule has 1 heterocycles. The molecule has 0 unspecified atom stereocenters. The number of benzene rings is 2. The number of para-hydroxylation sites is 1. The van der Waals surface area contributed by atoms with Crippen LogP contribution < -0.4 is 10.2 Å². The van der Waals surface area contributed by atoms with E-state index < -0.39 is 0 Å². The summed E-state index contributed by atoms with van der Waals surface area (Å²) in [4.78, 5) is 28.7. The summed E-state index contributed by atoms with van der Waals surface area (Å²) in [6.45, 7) is 2.82. The second kappa shape index (κ2) is 9.71. The molecule has 2 N–H and O–H groups in total. The molecule has 2 aromatic rings. The van der Waals surface area contributed by atoms with Gasteiger partial charge >= 0.3 is 0 Å². The second-order valence-corrected chi connectivity index (χ2v) is 7.57. The molecule has 0 aliphatic carbocycles. The highest BCUT2D eigenvalue weighted by Crippen LogP contribution is 2.21. The number of piperazine rings is 1. The maximum absolute atomic E-state index is 12.4. The molecule has 28 heavy (non-hydrogen) atoms. The Kier molecular flexibility index (Phi) is 7.06. The highest BCUT2D eigenvalue weighted by atomic mass is 79.9. The zero-order valence-electron chi connectivity index (χ0n) is 15.6. The standard InChI is InChI=1S/C21H24BrN3O3/c22-19-7-6-17(14-16(19)15-26)23-20(27)8-9-21(28)25-12-10-24(11-13-25)18-4-2-1-3-5-18/h1-7,14,26H,8-13,15H2,(H,23,27). The number of aliphatic hydroxyl groups excluding tert-OH is 1. The Bertz CT molecular complexity index is 821. The van der Waals surface area contributed by atoms with Gasteiger partial charge in [-0.05, 0) is 35.9 Å². The van der Waals surface area contributed by atoms with E-state index in [0.29, 0.717) is 24.3 Å². The number of amides is 2. The van der Waals surface area contributed by atoms with E-state index in [4.69, 9.17) is 0 Å². The Morgan fingerprint density at radius 3 is 2.39 bits per heavy atom. The lowest BCUT2D eigenvalue weighted by Crippen LogP contribution is -2.48. The SMILES string of the molecule is O=C(CCC(=O)N1CCN(c2ccccc2)CC1)Nc1ccc(Br)c(CO)c1. The summed E-state index contributed by atoms with van der Waals surface area (Å²) in [5.41, 5.74) is 2.48. The third kappa shape index (κ3) is 5.33. The molecule has 7 heteroatoms. The van der Waals surface area contributed by atoms with Crippen molar-refractivity contribution in [3.05, 3.63) is 58.6 Å². The minimum absolute atomic E-state index is 0.00900. The van der Waals surface area contributed by atoms with Gasteiger partial charge in [0.05, 0.1) is 6.61 Å². The maximum atomic E-state index is 12.4. The van der Waals surface area contributed by atoms with Crippen LogP contribution in [0.4, 0.5) is 11.4 Å². The largest absolute Gasteiger partial charge is 0.392 e. The van der Waals surface area contributed by atoms with Crippen LogP contribution in [0, 0.1) is 0 Å². The molecule has 1 saturated heterocycles. The van der Waals surface area contributed by atoms with E-state index in [1.165, 1.54) is 5.69 Å². The highest BCUT2D eigenvalue weighted by Gasteiger charge is 2.21. The first kappa shape index (κ1) is 20.4. The summed E-state index contributed by atoms with van der Waals surface area (Å²) in [6.07, 6.45) is 0.336. The average molecular weight is 446 g/mol. The fourth-order valence-electron chi connectivity index (χ4n) is 3.23. The smallest absolute Gasteiger partial charge is 0.224 e. The quantitative estimate of drug-likeness (QED) is 0.716. The van der Waals surface area contributed by atoms with Gasteiger partial charge in [-0.2, -0.15) is 0 Å². The van der Waals surface area contributed by atoms with Gasteiger partial charge in [0, 0.05) is 54.9 Å². The maximum Gasteiger partial charge on any atom is 0.224 e. The van der Waals surface area contributed by atoms with Crippen molar-refractivity contribution >= 4 is 39.1 Å². The van der Waals surface area contributed by atoms with Crippen LogP contribution in [-0.2, 0) is 16.2 Å².